The van der Waals surface area contributed by atoms with Crippen molar-refractivity contribution < 1.29 is 4.39 Å². The molecule has 1 aliphatic carbocycles. The van der Waals surface area contributed by atoms with E-state index in [-0.39, 0.29) is 6.04 Å². The highest BCUT2D eigenvalue weighted by Gasteiger charge is 2.29. The smallest absolute Gasteiger partial charge is 0.129 e. The summed E-state index contributed by atoms with van der Waals surface area (Å²) in [5, 5.41) is 13.3. The van der Waals surface area contributed by atoms with Gasteiger partial charge in [0.25, 0.3) is 0 Å². The van der Waals surface area contributed by atoms with Crippen LogP contribution in [-0.4, -0.2) is 20.7 Å². The molecule has 1 aliphatic rings. The maximum absolute atomic E-state index is 14.0. The number of alkyl halides is 1. The molecule has 1 aromatic carbocycles. The van der Waals surface area contributed by atoms with Crippen LogP contribution in [0.4, 0.5) is 4.39 Å². The summed E-state index contributed by atoms with van der Waals surface area (Å²) in [7, 11) is 0. The van der Waals surface area contributed by atoms with E-state index in [1.165, 1.54) is 0 Å². The SMILES string of the molecule is C/C(N)=C/NCc1nc2cnc3ccc(C#N)cc3c2n1C1CCC(F)C1.C=C.CC. The Morgan fingerprint density at radius 2 is 2.10 bits per heavy atom. The summed E-state index contributed by atoms with van der Waals surface area (Å²) in [6, 6.07) is 7.66. The van der Waals surface area contributed by atoms with Crippen molar-refractivity contribution >= 4 is 21.9 Å². The van der Waals surface area contributed by atoms with E-state index in [9.17, 15) is 9.65 Å². The van der Waals surface area contributed by atoms with Crippen LogP contribution in [0.2, 0.25) is 0 Å². The number of nitrogens with one attached hydrogen (secondary N) is 1. The Bertz CT molecular complexity index is 1090. The number of benzene rings is 1. The Morgan fingerprint density at radius 1 is 1.35 bits per heavy atom. The lowest BCUT2D eigenvalue weighted by atomic mass is 10.1. The molecule has 6 nitrogen and oxygen atoms in total. The number of pyridine rings is 1. The maximum atomic E-state index is 14.0. The van der Waals surface area contributed by atoms with Gasteiger partial charge in [-0.05, 0) is 44.4 Å². The highest BCUT2D eigenvalue weighted by atomic mass is 19.1. The van der Waals surface area contributed by atoms with E-state index in [1.54, 1.807) is 18.5 Å². The van der Waals surface area contributed by atoms with Gasteiger partial charge < -0.3 is 15.6 Å². The van der Waals surface area contributed by atoms with Gasteiger partial charge in [-0.3, -0.25) is 4.98 Å². The molecule has 3 N–H and O–H groups in total. The van der Waals surface area contributed by atoms with Gasteiger partial charge in [-0.25, -0.2) is 9.37 Å². The summed E-state index contributed by atoms with van der Waals surface area (Å²) in [4.78, 5) is 9.22. The first-order valence-electron chi connectivity index (χ1n) is 10.6. The fourth-order valence-corrected chi connectivity index (χ4v) is 3.85. The van der Waals surface area contributed by atoms with Crippen LogP contribution in [0.15, 0.2) is 49.5 Å². The molecule has 1 saturated carbocycles. The second-order valence-electron chi connectivity index (χ2n) is 7.07. The molecule has 0 spiro atoms. The zero-order chi connectivity index (χ0) is 23.0. The van der Waals surface area contributed by atoms with Gasteiger partial charge in [0.2, 0.25) is 0 Å². The Balaban J connectivity index is 0.000000807. The van der Waals surface area contributed by atoms with Crippen LogP contribution in [0.3, 0.4) is 0 Å². The van der Waals surface area contributed by atoms with E-state index >= 15 is 0 Å². The summed E-state index contributed by atoms with van der Waals surface area (Å²) in [5.74, 6) is 0.818. The predicted molar refractivity (Wildman–Crippen MR) is 125 cm³/mol. The molecule has 0 aliphatic heterocycles. The Morgan fingerprint density at radius 3 is 2.71 bits per heavy atom. The van der Waals surface area contributed by atoms with E-state index in [0.29, 0.717) is 30.6 Å². The average molecular weight is 423 g/mol. The zero-order valence-electron chi connectivity index (χ0n) is 18.5. The number of hydrogen-bond acceptors (Lipinski definition) is 5. The first kappa shape index (κ1) is 23.9. The van der Waals surface area contributed by atoms with E-state index < -0.39 is 6.17 Å². The van der Waals surface area contributed by atoms with Gasteiger partial charge in [-0.15, -0.1) is 13.2 Å². The summed E-state index contributed by atoms with van der Waals surface area (Å²) in [6.07, 6.45) is 4.50. The number of rotatable bonds is 4. The molecule has 0 amide bonds. The minimum Gasteiger partial charge on any atom is -0.401 e. The van der Waals surface area contributed by atoms with Crippen molar-refractivity contribution in [1.29, 1.82) is 5.26 Å². The molecular formula is C24H31FN6. The van der Waals surface area contributed by atoms with Crippen molar-refractivity contribution in [3.63, 3.8) is 0 Å². The molecule has 2 aromatic heterocycles. The van der Waals surface area contributed by atoms with Crippen molar-refractivity contribution in [1.82, 2.24) is 19.9 Å². The lowest BCUT2D eigenvalue weighted by Gasteiger charge is -2.17. The third kappa shape index (κ3) is 5.21. The number of hydrogen-bond donors (Lipinski definition) is 2. The lowest BCUT2D eigenvalue weighted by molar-refractivity contribution is 0.330. The van der Waals surface area contributed by atoms with Gasteiger partial charge in [-0.1, -0.05) is 13.8 Å². The molecule has 2 unspecified atom stereocenters. The third-order valence-electron chi connectivity index (χ3n) is 5.01. The van der Waals surface area contributed by atoms with Gasteiger partial charge >= 0.3 is 0 Å². The summed E-state index contributed by atoms with van der Waals surface area (Å²) in [5.41, 5.74) is 9.42. The summed E-state index contributed by atoms with van der Waals surface area (Å²) < 4.78 is 16.1. The Labute approximate surface area is 183 Å². The fraction of sp³-hybridized carbons (Fsp3) is 0.375. The number of nitriles is 1. The van der Waals surface area contributed by atoms with Crippen molar-refractivity contribution in [3.05, 3.63) is 60.8 Å². The molecule has 31 heavy (non-hydrogen) atoms. The van der Waals surface area contributed by atoms with E-state index in [0.717, 1.165) is 34.2 Å². The lowest BCUT2D eigenvalue weighted by Crippen LogP contribution is -2.16. The van der Waals surface area contributed by atoms with Gasteiger partial charge in [0, 0.05) is 23.3 Å². The average Bonchev–Trinajstić information content (AvgIpc) is 3.39. The molecule has 2 heterocycles. The van der Waals surface area contributed by atoms with Crippen molar-refractivity contribution in [2.24, 2.45) is 5.73 Å². The normalized spacial score (nSPS) is 18.0. The number of halogens is 1. The number of nitrogens with two attached hydrogens (primary N) is 1. The molecule has 2 atom stereocenters. The number of allylic oxidation sites excluding steroid dienone is 1. The van der Waals surface area contributed by atoms with Gasteiger partial charge in [0.15, 0.2) is 0 Å². The van der Waals surface area contributed by atoms with Crippen LogP contribution >= 0.6 is 0 Å². The molecule has 3 aromatic rings. The topological polar surface area (TPSA) is 92.6 Å². The number of nitrogens with zero attached hydrogens (tertiary/aromatic N) is 4. The Kier molecular flexibility index (Phi) is 8.56. The van der Waals surface area contributed by atoms with Crippen LogP contribution in [-0.2, 0) is 6.54 Å². The molecule has 1 fully saturated rings. The highest BCUT2D eigenvalue weighted by Crippen LogP contribution is 2.37. The van der Waals surface area contributed by atoms with Gasteiger partial charge in [0.05, 0.1) is 35.4 Å². The van der Waals surface area contributed by atoms with E-state index in [4.69, 9.17) is 10.7 Å². The van der Waals surface area contributed by atoms with Crippen molar-refractivity contribution in [2.45, 2.75) is 58.8 Å². The van der Waals surface area contributed by atoms with Gasteiger partial charge in [0.1, 0.15) is 17.5 Å². The van der Waals surface area contributed by atoms with Crippen LogP contribution in [0.5, 0.6) is 0 Å². The van der Waals surface area contributed by atoms with Crippen LogP contribution in [0.25, 0.3) is 21.9 Å². The zero-order valence-corrected chi connectivity index (χ0v) is 18.5. The second kappa shape index (κ2) is 11.1. The van der Waals surface area contributed by atoms with Gasteiger partial charge in [-0.2, -0.15) is 5.26 Å². The van der Waals surface area contributed by atoms with Crippen molar-refractivity contribution in [2.75, 3.05) is 0 Å². The molecule has 164 valence electrons. The molecule has 0 saturated heterocycles. The standard InChI is InChI=1S/C20H21FN6.C2H6.C2H4/c1-12(23)9-24-11-19-26-18-10-25-17-5-2-13(8-22)6-16(17)20(18)27(19)15-4-3-14(21)7-15;2*1-2/h2,5-6,9-10,14-15,24H,3-4,7,11,23H2,1H3;1-2H3;1-2H2/b12-9-;;. The highest BCUT2D eigenvalue weighted by molar-refractivity contribution is 6.02. The molecule has 0 bridgehead atoms. The molecule has 7 heteroatoms. The fourth-order valence-electron chi connectivity index (χ4n) is 3.85. The number of fused-ring (bicyclic) bond motifs is 3. The third-order valence-corrected chi connectivity index (χ3v) is 5.01. The van der Waals surface area contributed by atoms with Crippen LogP contribution < -0.4 is 11.1 Å². The number of aromatic nitrogens is 3. The first-order chi connectivity index (χ1) is 15.1. The second-order valence-corrected chi connectivity index (χ2v) is 7.07. The minimum absolute atomic E-state index is 0.0427. The largest absolute Gasteiger partial charge is 0.401 e. The quantitative estimate of drug-likeness (QED) is 0.560. The van der Waals surface area contributed by atoms with E-state index in [1.807, 2.05) is 32.9 Å². The monoisotopic (exact) mass is 422 g/mol. The summed E-state index contributed by atoms with van der Waals surface area (Å²) >= 11 is 0. The Hall–Kier alpha value is -3.40. The summed E-state index contributed by atoms with van der Waals surface area (Å²) in [6.45, 7) is 12.3. The van der Waals surface area contributed by atoms with Crippen molar-refractivity contribution in [3.8, 4) is 6.07 Å². The predicted octanol–water partition coefficient (Wildman–Crippen LogP) is 5.26. The molecule has 4 rings (SSSR count). The minimum atomic E-state index is -0.790. The maximum Gasteiger partial charge on any atom is 0.129 e. The first-order valence-corrected chi connectivity index (χ1v) is 10.6. The van der Waals surface area contributed by atoms with Crippen LogP contribution in [0.1, 0.15) is 57.5 Å². The van der Waals surface area contributed by atoms with E-state index in [2.05, 4.69) is 34.1 Å². The molecular weight excluding hydrogens is 391 g/mol. The van der Waals surface area contributed by atoms with Crippen LogP contribution in [0, 0.1) is 11.3 Å². The number of imidazole rings is 1. The molecule has 0 radical (unpaired) electrons.